The van der Waals surface area contributed by atoms with E-state index < -0.39 is 140 Å². The maximum absolute atomic E-state index is 14.8. The first-order chi connectivity index (χ1) is 63.4. The topological polar surface area (TPSA) is 549 Å². The number of hydrogen-bond donors (Lipinski definition) is 20. The number of carboxylic acids is 1. The summed E-state index contributed by atoms with van der Waals surface area (Å²) in [6.45, 7) is -1.07. The lowest BCUT2D eigenvalue weighted by molar-refractivity contribution is -0.142. The van der Waals surface area contributed by atoms with Crippen molar-refractivity contribution < 1.29 is 143 Å². The zero-order valence-corrected chi connectivity index (χ0v) is 71.6. The largest absolute Gasteiger partial charge is 0.491 e. The van der Waals surface area contributed by atoms with Gasteiger partial charge in [0.15, 0.2) is 0 Å². The summed E-state index contributed by atoms with van der Waals surface area (Å²) in [4.78, 5) is 145. The Hall–Kier alpha value is -12.4. The average molecular weight is 1840 g/mol. The van der Waals surface area contributed by atoms with Gasteiger partial charge in [-0.15, -0.1) is 0 Å². The lowest BCUT2D eigenvalue weighted by Crippen LogP contribution is -2.46. The number of benzene rings is 7. The number of carbonyl (C=O) groups excluding carboxylic acids is 10. The quantitative estimate of drug-likeness (QED) is 0.0102. The minimum atomic E-state index is -2.17. The monoisotopic (exact) mass is 1840 g/mol. The van der Waals surface area contributed by atoms with Gasteiger partial charge in [0.1, 0.15) is 55.0 Å². The molecule has 1 aliphatic heterocycles. The predicted octanol–water partition coefficient (Wildman–Crippen LogP) is -3.15. The van der Waals surface area contributed by atoms with Gasteiger partial charge in [0, 0.05) is 128 Å². The molecule has 10 amide bonds. The molecule has 46 heteroatoms. The molecule has 0 saturated carbocycles. The fourth-order valence-corrected chi connectivity index (χ4v) is 13.0. The van der Waals surface area contributed by atoms with Gasteiger partial charge in [-0.25, -0.2) is 22.4 Å². The number of rotatable bonds is 58. The van der Waals surface area contributed by atoms with Crippen LogP contribution in [-0.2, 0) is 91.5 Å². The smallest absolute Gasteiger partial charge is 0.480 e. The fraction of sp³-hybridized carbons (Fsp3) is 0.360. The van der Waals surface area contributed by atoms with Crippen LogP contribution in [0.25, 0.3) is 0 Å². The number of ether oxygens (including phenoxy) is 6. The third-order valence-electron chi connectivity index (χ3n) is 19.8. The molecule has 0 unspecified atom stereocenters. The molecule has 0 saturated heterocycles. The molecule has 37 nitrogen and oxygen atoms in total. The van der Waals surface area contributed by atoms with E-state index in [4.69, 9.17) is 28.4 Å². The highest BCUT2D eigenvalue weighted by atomic mass is 19.1. The maximum Gasteiger partial charge on any atom is 0.491 e. The number of amides is 10. The second-order valence-corrected chi connectivity index (χ2v) is 29.7. The molecule has 7 aromatic rings. The third-order valence-corrected chi connectivity index (χ3v) is 19.8. The van der Waals surface area contributed by atoms with E-state index >= 15 is 0 Å². The average Bonchev–Trinajstić information content (AvgIpc) is 1.05. The molecule has 0 bridgehead atoms. The van der Waals surface area contributed by atoms with Crippen LogP contribution in [0.4, 0.5) is 22.0 Å². The van der Waals surface area contributed by atoms with Crippen LogP contribution in [-0.4, -0.2) is 265 Å². The minimum Gasteiger partial charge on any atom is -0.480 e. The molecule has 1 aliphatic rings. The molecule has 0 aliphatic carbocycles. The van der Waals surface area contributed by atoms with Crippen molar-refractivity contribution in [2.24, 2.45) is 0 Å². The molecule has 2 atom stereocenters. The SMILES string of the molecule is O=C(COCCOCCNC(=O)COCCOCCNC(=O)c1ccc(CCF)cc1)NCCOCCOCC(=O)N[C@@H](CC1=C(NC(=O)[C@H](CCCCNC(=O)c2cc(CNC(=O)c3ccc([B]O)c(F)c3)cc(CNC(=O)c3ccc(B(O)O)c(F)c3)c2)NCc2cc(CNC(=O)c3ccc(B(O)O)c(F)c3)cc(CNC(=O)c3ccc(B(O)O)c(F)c3)c2)NCC1)C(=O)O. The highest BCUT2D eigenvalue weighted by molar-refractivity contribution is 6.59. The Labute approximate surface area is 756 Å². The van der Waals surface area contributed by atoms with Gasteiger partial charge < -0.3 is 132 Å². The van der Waals surface area contributed by atoms with Crippen molar-refractivity contribution in [3.8, 4) is 0 Å². The number of carbonyl (C=O) groups is 11. The van der Waals surface area contributed by atoms with Crippen LogP contribution in [0.3, 0.4) is 0 Å². The van der Waals surface area contributed by atoms with Crippen molar-refractivity contribution >= 4 is 116 Å². The Morgan fingerprint density at radius 2 is 0.788 bits per heavy atom. The van der Waals surface area contributed by atoms with E-state index in [9.17, 15) is 115 Å². The van der Waals surface area contributed by atoms with Crippen LogP contribution < -0.4 is 85.7 Å². The Morgan fingerprint density at radius 3 is 1.21 bits per heavy atom. The number of carboxylic acid groups (broad SMARTS) is 1. The van der Waals surface area contributed by atoms with Gasteiger partial charge in [-0.2, -0.15) is 0 Å². The van der Waals surface area contributed by atoms with Gasteiger partial charge in [-0.1, -0.05) is 60.7 Å². The Morgan fingerprint density at radius 1 is 0.402 bits per heavy atom. The van der Waals surface area contributed by atoms with E-state index in [2.05, 4.69) is 63.8 Å². The van der Waals surface area contributed by atoms with E-state index in [1.165, 1.54) is 36.4 Å². The number of nitrogens with one attached hydrogen (secondary N) is 12. The first-order valence-corrected chi connectivity index (χ1v) is 41.8. The molecule has 1 radical (unpaired) electrons. The molecular weight excluding hydrogens is 1740 g/mol. The van der Waals surface area contributed by atoms with Gasteiger partial charge in [0.25, 0.3) is 35.4 Å². The van der Waals surface area contributed by atoms with Gasteiger partial charge >= 0.3 is 34.8 Å². The van der Waals surface area contributed by atoms with Gasteiger partial charge in [-0.3, -0.25) is 52.3 Å². The first kappa shape index (κ1) is 105. The number of alkyl halides is 1. The number of halogens is 5. The summed E-state index contributed by atoms with van der Waals surface area (Å²) in [5, 5.41) is 110. The molecule has 703 valence electrons. The van der Waals surface area contributed by atoms with E-state index in [0.29, 0.717) is 46.4 Å². The molecular formula is C86H102B4F5N12O25. The van der Waals surface area contributed by atoms with Crippen LogP contribution >= 0.6 is 0 Å². The van der Waals surface area contributed by atoms with Crippen molar-refractivity contribution in [3.05, 3.63) is 235 Å². The van der Waals surface area contributed by atoms with Crippen molar-refractivity contribution in [2.45, 2.75) is 83.3 Å². The summed E-state index contributed by atoms with van der Waals surface area (Å²) < 4.78 is 104. The van der Waals surface area contributed by atoms with Crippen LogP contribution in [0, 0.1) is 23.3 Å². The van der Waals surface area contributed by atoms with Gasteiger partial charge in [0.05, 0.1) is 72.2 Å². The molecule has 7 aromatic carbocycles. The summed E-state index contributed by atoms with van der Waals surface area (Å²) >= 11 is 0. The first-order valence-electron chi connectivity index (χ1n) is 41.8. The summed E-state index contributed by atoms with van der Waals surface area (Å²) in [7, 11) is -5.98. The van der Waals surface area contributed by atoms with Crippen LogP contribution in [0.2, 0.25) is 0 Å². The van der Waals surface area contributed by atoms with E-state index in [1.807, 2.05) is 0 Å². The molecule has 20 N–H and O–H groups in total. The van der Waals surface area contributed by atoms with Crippen molar-refractivity contribution in [1.82, 2.24) is 63.8 Å². The standard InChI is InChI=1S/C86H102B4F5N12O25/c91-18-16-52-4-6-58(7-5-52)79(111)100-23-26-129-28-31-131-50-76(109)96-21-24-127-27-30-130-49-75(108)97-22-25-128-29-32-132-51-77(110)106-74(86(118)119)43-59-17-20-98-78(59)107-85(117)73(101-44-53-33-54(45-102-81(113)61-9-13-66(88(121)122)70(93)40-61)35-55(34-53)46-103-82(114)62-10-14-67(89(123)124)71(94)41-62)3-1-2-19-99-84(116)64-37-56(47-104-80(112)60-8-12-65(87-120)69(92)39-60)36-57(38-64)48-105-83(115)63-11-15-68(90(125)126)72(95)42-63/h4-15,33-42,73-74,98,101,120-126H,1-3,16-32,43-51H2,(H,96,109)(H,97,108)(H,99,116)(H,100,111)(H,102,113)(H,103,114)(H,104,112)(H,105,115)(H,106,110)(H,107,117)(H,118,119)/t73-,74-/m0/s1. The summed E-state index contributed by atoms with van der Waals surface area (Å²) in [5.74, 6) is -11.7. The molecule has 0 aromatic heterocycles. The van der Waals surface area contributed by atoms with Gasteiger partial charge in [0.2, 0.25) is 23.6 Å². The molecule has 132 heavy (non-hydrogen) atoms. The predicted molar refractivity (Wildman–Crippen MR) is 468 cm³/mol. The van der Waals surface area contributed by atoms with Crippen LogP contribution in [0.15, 0.2) is 145 Å². The molecule has 1 heterocycles. The number of hydrogen-bond acceptors (Lipinski definition) is 26. The lowest BCUT2D eigenvalue weighted by Gasteiger charge is -2.21. The molecule has 0 spiro atoms. The Balaban J connectivity index is 0.838. The lowest BCUT2D eigenvalue weighted by atomic mass is 9.79. The summed E-state index contributed by atoms with van der Waals surface area (Å²) in [5.41, 5.74) is 1.21. The van der Waals surface area contributed by atoms with Crippen molar-refractivity contribution in [2.75, 3.05) is 119 Å². The zero-order valence-electron chi connectivity index (χ0n) is 71.6. The second-order valence-electron chi connectivity index (χ2n) is 29.7. The van der Waals surface area contributed by atoms with E-state index in [0.717, 1.165) is 54.1 Å². The zero-order chi connectivity index (χ0) is 95.4. The number of aliphatic carboxylic acids is 1. The normalized spacial score (nSPS) is 12.0. The molecule has 0 fully saturated rings. The number of unbranched alkanes of at least 4 members (excludes halogenated alkanes) is 1. The maximum atomic E-state index is 14.8. The third kappa shape index (κ3) is 36.0. The highest BCUT2D eigenvalue weighted by Gasteiger charge is 2.30. The minimum absolute atomic E-state index is 0.0196. The van der Waals surface area contributed by atoms with E-state index in [-0.39, 0.29) is 228 Å². The Bertz CT molecular complexity index is 5040. The second kappa shape index (κ2) is 55.7. The number of aryl methyl sites for hydroxylation is 1. The molecule has 8 rings (SSSR count). The van der Waals surface area contributed by atoms with Crippen molar-refractivity contribution in [1.29, 1.82) is 0 Å². The fourth-order valence-electron chi connectivity index (χ4n) is 13.0. The Kier molecular flexibility index (Phi) is 44.3. The van der Waals surface area contributed by atoms with E-state index in [1.54, 1.807) is 48.5 Å². The van der Waals surface area contributed by atoms with Crippen LogP contribution in [0.5, 0.6) is 0 Å². The summed E-state index contributed by atoms with van der Waals surface area (Å²) in [6, 6.07) is 25.5. The van der Waals surface area contributed by atoms with Gasteiger partial charge in [-0.05, 0) is 143 Å². The summed E-state index contributed by atoms with van der Waals surface area (Å²) in [6.07, 6.45) is 0.624. The van der Waals surface area contributed by atoms with Crippen LogP contribution in [0.1, 0.15) is 128 Å². The highest BCUT2D eigenvalue weighted by Crippen LogP contribution is 2.21. The van der Waals surface area contributed by atoms with Crippen molar-refractivity contribution in [3.63, 3.8) is 0 Å².